The van der Waals surface area contributed by atoms with Crippen molar-refractivity contribution in [3.05, 3.63) is 120 Å². The summed E-state index contributed by atoms with van der Waals surface area (Å²) in [6.07, 6.45) is 1.35. The number of hydrogen-bond acceptors (Lipinski definition) is 5. The van der Waals surface area contributed by atoms with Gasteiger partial charge in [0, 0.05) is 12.3 Å². The van der Waals surface area contributed by atoms with Crippen LogP contribution in [0.2, 0.25) is 0 Å². The monoisotopic (exact) mass is 418 g/mol. The van der Waals surface area contributed by atoms with Crippen molar-refractivity contribution in [3.8, 4) is 0 Å². The first-order valence-corrected chi connectivity index (χ1v) is 10.4. The highest BCUT2D eigenvalue weighted by Gasteiger charge is 2.14. The number of nitrogens with zero attached hydrogens (tertiary/aromatic N) is 4. The number of benzene rings is 4. The van der Waals surface area contributed by atoms with Crippen LogP contribution in [0.1, 0.15) is 23.5 Å². The van der Waals surface area contributed by atoms with Crippen molar-refractivity contribution >= 4 is 29.0 Å². The molecule has 0 spiro atoms. The van der Waals surface area contributed by atoms with Crippen LogP contribution < -0.4 is 0 Å². The Kier molecular flexibility index (Phi) is 7.01. The highest BCUT2D eigenvalue weighted by atomic mass is 16.1. The van der Waals surface area contributed by atoms with Gasteiger partial charge >= 0.3 is 0 Å². The maximum atomic E-state index is 11.3. The molecule has 0 unspecified atom stereocenters. The summed E-state index contributed by atoms with van der Waals surface area (Å²) in [4.78, 5) is 11.3. The fourth-order valence-corrected chi connectivity index (χ4v) is 3.33. The molecule has 4 aromatic rings. The van der Waals surface area contributed by atoms with Gasteiger partial charge in [-0.05, 0) is 59.7 Å². The van der Waals surface area contributed by atoms with Crippen LogP contribution in [0.25, 0.3) is 0 Å². The van der Waals surface area contributed by atoms with Crippen molar-refractivity contribution in [2.75, 3.05) is 0 Å². The lowest BCUT2D eigenvalue weighted by atomic mass is 9.89. The Morgan fingerprint density at radius 3 is 1.19 bits per heavy atom. The molecule has 4 rings (SSSR count). The molecule has 0 fully saturated rings. The number of azo groups is 2. The molecule has 5 nitrogen and oxygen atoms in total. The van der Waals surface area contributed by atoms with Crippen molar-refractivity contribution < 1.29 is 4.79 Å². The summed E-state index contributed by atoms with van der Waals surface area (Å²) >= 11 is 0. The number of hydrogen-bond donors (Lipinski definition) is 0. The van der Waals surface area contributed by atoms with Crippen molar-refractivity contribution in [2.24, 2.45) is 20.5 Å². The molecule has 0 aliphatic rings. The SMILES string of the molecule is O=CCC(c1ccc(N=Nc2ccccc2)cc1)c1ccc(N=Nc2ccccc2)cc1. The third-order valence-corrected chi connectivity index (χ3v) is 5.00. The Morgan fingerprint density at radius 1 is 0.500 bits per heavy atom. The van der Waals surface area contributed by atoms with Gasteiger partial charge in [0.25, 0.3) is 0 Å². The molecule has 0 amide bonds. The van der Waals surface area contributed by atoms with Gasteiger partial charge in [0.05, 0.1) is 22.7 Å². The summed E-state index contributed by atoms with van der Waals surface area (Å²) in [6, 6.07) is 34.9. The van der Waals surface area contributed by atoms with Gasteiger partial charge in [0.15, 0.2) is 0 Å². The van der Waals surface area contributed by atoms with E-state index in [0.717, 1.165) is 40.2 Å². The van der Waals surface area contributed by atoms with E-state index in [9.17, 15) is 4.79 Å². The van der Waals surface area contributed by atoms with Crippen LogP contribution >= 0.6 is 0 Å². The van der Waals surface area contributed by atoms with Crippen molar-refractivity contribution in [2.45, 2.75) is 12.3 Å². The summed E-state index contributed by atoms with van der Waals surface area (Å²) in [5.41, 5.74) is 5.24. The molecule has 0 atom stereocenters. The Labute approximate surface area is 187 Å². The Morgan fingerprint density at radius 2 is 0.844 bits per heavy atom. The smallest absolute Gasteiger partial charge is 0.120 e. The summed E-state index contributed by atoms with van der Waals surface area (Å²) < 4.78 is 0. The van der Waals surface area contributed by atoms with E-state index in [4.69, 9.17) is 0 Å². The first-order chi connectivity index (χ1) is 15.8. The lowest BCUT2D eigenvalue weighted by molar-refractivity contribution is -0.108. The number of rotatable bonds is 8. The third-order valence-electron chi connectivity index (χ3n) is 5.00. The van der Waals surface area contributed by atoms with E-state index in [1.165, 1.54) is 0 Å². The van der Waals surface area contributed by atoms with E-state index < -0.39 is 0 Å². The van der Waals surface area contributed by atoms with E-state index >= 15 is 0 Å². The predicted octanol–water partition coefficient (Wildman–Crippen LogP) is 8.24. The lowest BCUT2D eigenvalue weighted by Gasteiger charge is -2.15. The molecule has 5 heteroatoms. The molecule has 0 radical (unpaired) electrons. The van der Waals surface area contributed by atoms with Crippen LogP contribution in [0, 0.1) is 0 Å². The molecule has 32 heavy (non-hydrogen) atoms. The molecule has 0 heterocycles. The second kappa shape index (κ2) is 10.7. The summed E-state index contributed by atoms with van der Waals surface area (Å²) in [7, 11) is 0. The van der Waals surface area contributed by atoms with Crippen LogP contribution in [-0.2, 0) is 4.79 Å². The Balaban J connectivity index is 1.48. The quantitative estimate of drug-likeness (QED) is 0.210. The second-order valence-electron chi connectivity index (χ2n) is 7.21. The second-order valence-corrected chi connectivity index (χ2v) is 7.21. The largest absolute Gasteiger partial charge is 0.303 e. The average molecular weight is 419 g/mol. The molecule has 0 saturated carbocycles. The van der Waals surface area contributed by atoms with Gasteiger partial charge < -0.3 is 4.79 Å². The molecular weight excluding hydrogens is 396 g/mol. The van der Waals surface area contributed by atoms with Gasteiger partial charge in [-0.2, -0.15) is 20.5 Å². The van der Waals surface area contributed by atoms with Crippen LogP contribution in [0.3, 0.4) is 0 Å². The van der Waals surface area contributed by atoms with Gasteiger partial charge in [-0.3, -0.25) is 0 Å². The van der Waals surface area contributed by atoms with E-state index in [-0.39, 0.29) is 5.92 Å². The zero-order valence-corrected chi connectivity index (χ0v) is 17.5. The van der Waals surface area contributed by atoms with Gasteiger partial charge in [-0.15, -0.1) is 0 Å². The normalized spacial score (nSPS) is 12.2. The fourth-order valence-electron chi connectivity index (χ4n) is 3.33. The zero-order chi connectivity index (χ0) is 22.0. The Bertz CT molecular complexity index is 1090. The fraction of sp³-hybridized carbons (Fsp3) is 0.0741. The van der Waals surface area contributed by atoms with E-state index in [2.05, 4.69) is 20.5 Å². The molecule has 0 saturated heterocycles. The minimum atomic E-state index is -0.0345. The van der Waals surface area contributed by atoms with Gasteiger partial charge in [-0.25, -0.2) is 0 Å². The molecule has 4 aromatic carbocycles. The van der Waals surface area contributed by atoms with Gasteiger partial charge in [0.2, 0.25) is 0 Å². The zero-order valence-electron chi connectivity index (χ0n) is 17.5. The standard InChI is InChI=1S/C27H22N4O/c32-20-19-27(21-11-15-25(16-12-21)30-28-23-7-3-1-4-8-23)22-13-17-26(18-14-22)31-29-24-9-5-2-6-10-24/h1-18,20,27H,19H2. The molecule has 0 bridgehead atoms. The Hall–Kier alpha value is -4.25. The van der Waals surface area contributed by atoms with Crippen molar-refractivity contribution in [1.82, 2.24) is 0 Å². The van der Waals surface area contributed by atoms with Gasteiger partial charge in [0.1, 0.15) is 6.29 Å². The number of aldehydes is 1. The van der Waals surface area contributed by atoms with E-state index in [1.807, 2.05) is 109 Å². The average Bonchev–Trinajstić information content (AvgIpc) is 2.87. The molecule has 0 aliphatic heterocycles. The maximum Gasteiger partial charge on any atom is 0.120 e. The minimum absolute atomic E-state index is 0.0345. The molecule has 0 aromatic heterocycles. The first kappa shape index (κ1) is 21.0. The molecular formula is C27H22N4O. The molecule has 156 valence electrons. The van der Waals surface area contributed by atoms with Crippen LogP contribution in [0.4, 0.5) is 22.7 Å². The van der Waals surface area contributed by atoms with Crippen LogP contribution in [0.5, 0.6) is 0 Å². The minimum Gasteiger partial charge on any atom is -0.303 e. The van der Waals surface area contributed by atoms with E-state index in [0.29, 0.717) is 6.42 Å². The predicted molar refractivity (Wildman–Crippen MR) is 127 cm³/mol. The lowest BCUT2D eigenvalue weighted by Crippen LogP contribution is -2.01. The topological polar surface area (TPSA) is 66.5 Å². The summed E-state index contributed by atoms with van der Waals surface area (Å²) in [5.74, 6) is -0.0345. The van der Waals surface area contributed by atoms with Gasteiger partial charge in [-0.1, -0.05) is 60.7 Å². The third kappa shape index (κ3) is 5.67. The summed E-state index contributed by atoms with van der Waals surface area (Å²) in [6.45, 7) is 0. The maximum absolute atomic E-state index is 11.3. The van der Waals surface area contributed by atoms with Crippen molar-refractivity contribution in [3.63, 3.8) is 0 Å². The highest BCUT2D eigenvalue weighted by molar-refractivity contribution is 5.55. The van der Waals surface area contributed by atoms with E-state index in [1.54, 1.807) is 0 Å². The number of carbonyl (C=O) groups is 1. The van der Waals surface area contributed by atoms with Crippen LogP contribution in [-0.4, -0.2) is 6.29 Å². The summed E-state index contributed by atoms with van der Waals surface area (Å²) in [5, 5.41) is 17.1. The van der Waals surface area contributed by atoms with Crippen molar-refractivity contribution in [1.29, 1.82) is 0 Å². The number of carbonyl (C=O) groups excluding carboxylic acids is 1. The highest BCUT2D eigenvalue weighted by Crippen LogP contribution is 2.30. The molecule has 0 aliphatic carbocycles. The molecule has 0 N–H and O–H groups in total. The van der Waals surface area contributed by atoms with Crippen LogP contribution in [0.15, 0.2) is 130 Å². The first-order valence-electron chi connectivity index (χ1n) is 10.4.